The van der Waals surface area contributed by atoms with E-state index in [0.717, 1.165) is 0 Å². The highest BCUT2D eigenvalue weighted by Crippen LogP contribution is 2.51. The van der Waals surface area contributed by atoms with Gasteiger partial charge in [0, 0.05) is 35.4 Å². The highest BCUT2D eigenvalue weighted by atomic mass is 35.5. The molecule has 0 unspecified atom stereocenters. The fourth-order valence-corrected chi connectivity index (χ4v) is 5.58. The maximum absolute atomic E-state index is 11.0. The van der Waals surface area contributed by atoms with Crippen LogP contribution in [0.15, 0.2) is 60.7 Å². The topological polar surface area (TPSA) is 95.5 Å². The first kappa shape index (κ1) is 27.3. The molecule has 0 fully saturated rings. The third kappa shape index (κ3) is 5.43. The summed E-state index contributed by atoms with van der Waals surface area (Å²) >= 11 is 38.9. The lowest BCUT2D eigenvalue weighted by atomic mass is 10.0. The summed E-state index contributed by atoms with van der Waals surface area (Å²) in [5.41, 5.74) is 1.35. The zero-order chi connectivity index (χ0) is 27.0. The Kier molecular flexibility index (Phi) is 8.04. The van der Waals surface area contributed by atoms with Crippen molar-refractivity contribution in [3.8, 4) is 33.8 Å². The van der Waals surface area contributed by atoms with Gasteiger partial charge in [0.15, 0.2) is 11.5 Å². The highest BCUT2D eigenvalue weighted by molar-refractivity contribution is 6.45. The van der Waals surface area contributed by atoms with Crippen LogP contribution in [-0.4, -0.2) is 9.85 Å². The van der Waals surface area contributed by atoms with E-state index in [1.54, 1.807) is 0 Å². The van der Waals surface area contributed by atoms with Crippen LogP contribution >= 0.6 is 69.6 Å². The molecule has 7 nitrogen and oxygen atoms in total. The predicted molar refractivity (Wildman–Crippen MR) is 147 cm³/mol. The average molecular weight is 619 g/mol. The maximum atomic E-state index is 11.0. The summed E-state index contributed by atoms with van der Waals surface area (Å²) in [6.07, 6.45) is 0. The molecule has 0 spiro atoms. The molecule has 0 aliphatic rings. The summed E-state index contributed by atoms with van der Waals surface area (Å²) in [7, 11) is 0. The zero-order valence-electron chi connectivity index (χ0n) is 18.0. The first-order valence-corrected chi connectivity index (χ1v) is 12.3. The lowest BCUT2D eigenvalue weighted by Crippen LogP contribution is -1.95. The molecule has 4 aromatic rings. The largest absolute Gasteiger partial charge is 0.451 e. The summed E-state index contributed by atoms with van der Waals surface area (Å²) in [6.45, 7) is 0. The summed E-state index contributed by atoms with van der Waals surface area (Å²) in [6, 6.07) is 14.0. The second-order valence-electron chi connectivity index (χ2n) is 7.43. The first-order chi connectivity index (χ1) is 17.5. The van der Waals surface area contributed by atoms with Gasteiger partial charge in [-0.05, 0) is 47.5 Å². The quantitative estimate of drug-likeness (QED) is 0.158. The third-order valence-corrected chi connectivity index (χ3v) is 7.07. The second kappa shape index (κ2) is 10.9. The molecule has 0 saturated carbocycles. The summed E-state index contributed by atoms with van der Waals surface area (Å²) in [5, 5.41) is 22.4. The van der Waals surface area contributed by atoms with Crippen molar-refractivity contribution in [2.75, 3.05) is 0 Å². The van der Waals surface area contributed by atoms with Crippen molar-refractivity contribution in [3.05, 3.63) is 111 Å². The van der Waals surface area contributed by atoms with Gasteiger partial charge in [0.2, 0.25) is 0 Å². The number of hydrogen-bond donors (Lipinski definition) is 0. The summed E-state index contributed by atoms with van der Waals surface area (Å²) in [4.78, 5) is 20.9. The van der Waals surface area contributed by atoms with Crippen molar-refractivity contribution < 1.29 is 14.6 Å². The zero-order valence-corrected chi connectivity index (χ0v) is 22.5. The SMILES string of the molecule is O=[N+]([O-])c1ccc(-c2c(Cl)cc(Cl)c(Oc3c(Cl)cc(Cl)c(-c4ccc([N+](=O)[O-])cc4)c3Cl)c2Cl)cc1. The Labute approximate surface area is 239 Å². The van der Waals surface area contributed by atoms with Gasteiger partial charge < -0.3 is 4.74 Å². The number of non-ortho nitro benzene ring substituents is 2. The van der Waals surface area contributed by atoms with Gasteiger partial charge in [-0.15, -0.1) is 0 Å². The molecule has 0 aliphatic carbocycles. The van der Waals surface area contributed by atoms with Crippen LogP contribution in [0.25, 0.3) is 22.3 Å². The van der Waals surface area contributed by atoms with Crippen LogP contribution < -0.4 is 4.74 Å². The van der Waals surface area contributed by atoms with Crippen molar-refractivity contribution in [2.45, 2.75) is 0 Å². The van der Waals surface area contributed by atoms with E-state index in [9.17, 15) is 20.2 Å². The molecule has 4 aromatic carbocycles. The van der Waals surface area contributed by atoms with E-state index in [1.807, 2.05) is 0 Å². The number of rotatable bonds is 6. The Morgan fingerprint density at radius 1 is 0.541 bits per heavy atom. The molecule has 0 aliphatic heterocycles. The minimum Gasteiger partial charge on any atom is -0.451 e. The van der Waals surface area contributed by atoms with Crippen LogP contribution in [-0.2, 0) is 0 Å². The van der Waals surface area contributed by atoms with E-state index in [0.29, 0.717) is 22.3 Å². The van der Waals surface area contributed by atoms with Crippen molar-refractivity contribution in [3.63, 3.8) is 0 Å². The molecular formula is C24H10Cl6N2O5. The van der Waals surface area contributed by atoms with E-state index >= 15 is 0 Å². The van der Waals surface area contributed by atoms with Gasteiger partial charge in [0.05, 0.1) is 40.0 Å². The molecule has 0 saturated heterocycles. The number of nitro benzene ring substituents is 2. The maximum Gasteiger partial charge on any atom is 0.269 e. The number of benzene rings is 4. The molecule has 0 N–H and O–H groups in total. The predicted octanol–water partition coefficient (Wildman–Crippen LogP) is 10.5. The van der Waals surface area contributed by atoms with Crippen molar-refractivity contribution >= 4 is 81.0 Å². The summed E-state index contributed by atoms with van der Waals surface area (Å²) in [5.74, 6) is -0.0521. The Balaban J connectivity index is 1.82. The molecule has 0 amide bonds. The number of nitro groups is 2. The lowest BCUT2D eigenvalue weighted by Gasteiger charge is -2.18. The first-order valence-electron chi connectivity index (χ1n) is 10.0. The Bertz CT molecular complexity index is 1440. The van der Waals surface area contributed by atoms with Crippen LogP contribution in [0.3, 0.4) is 0 Å². The van der Waals surface area contributed by atoms with Crippen LogP contribution in [0.2, 0.25) is 30.1 Å². The van der Waals surface area contributed by atoms with Crippen LogP contribution in [0.4, 0.5) is 11.4 Å². The molecule has 0 radical (unpaired) electrons. The van der Waals surface area contributed by atoms with E-state index in [2.05, 4.69) is 0 Å². The highest BCUT2D eigenvalue weighted by Gasteiger charge is 2.24. The third-order valence-electron chi connectivity index (χ3n) is 5.19. The number of hydrogen-bond acceptors (Lipinski definition) is 5. The molecule has 188 valence electrons. The minimum absolute atomic E-state index is 0.00493. The molecule has 4 rings (SSSR count). The molecular weight excluding hydrogens is 609 g/mol. The number of nitrogens with zero attached hydrogens (tertiary/aromatic N) is 2. The number of ether oxygens (including phenoxy) is 1. The van der Waals surface area contributed by atoms with Crippen molar-refractivity contribution in [1.29, 1.82) is 0 Å². The molecule has 37 heavy (non-hydrogen) atoms. The van der Waals surface area contributed by atoms with E-state index in [1.165, 1.54) is 60.7 Å². The van der Waals surface area contributed by atoms with Gasteiger partial charge in [0.25, 0.3) is 11.4 Å². The fourth-order valence-electron chi connectivity index (χ4n) is 3.46. The van der Waals surface area contributed by atoms with E-state index in [-0.39, 0.29) is 53.0 Å². The fraction of sp³-hybridized carbons (Fsp3) is 0. The standard InChI is InChI=1S/C24H10Cl6N2O5/c25-15-9-17(27)23(21(29)19(15)11-1-5-13(6-2-11)31(33)34)37-24-18(28)10-16(26)20(22(24)30)12-3-7-14(8-4-12)32(35)36/h1-10H. The second-order valence-corrected chi connectivity index (χ2v) is 9.81. The molecule has 0 aromatic heterocycles. The van der Waals surface area contributed by atoms with Crippen LogP contribution in [0.5, 0.6) is 11.5 Å². The van der Waals surface area contributed by atoms with Crippen molar-refractivity contribution in [1.82, 2.24) is 0 Å². The van der Waals surface area contributed by atoms with E-state index in [4.69, 9.17) is 74.3 Å². The molecule has 0 heterocycles. The van der Waals surface area contributed by atoms with Crippen LogP contribution in [0, 0.1) is 20.2 Å². The summed E-state index contributed by atoms with van der Waals surface area (Å²) < 4.78 is 6.00. The lowest BCUT2D eigenvalue weighted by molar-refractivity contribution is -0.385. The normalized spacial score (nSPS) is 10.9. The minimum atomic E-state index is -0.531. The Morgan fingerprint density at radius 3 is 1.16 bits per heavy atom. The Hall–Kier alpha value is -2.78. The Morgan fingerprint density at radius 2 is 0.865 bits per heavy atom. The van der Waals surface area contributed by atoms with Gasteiger partial charge >= 0.3 is 0 Å². The smallest absolute Gasteiger partial charge is 0.269 e. The van der Waals surface area contributed by atoms with Gasteiger partial charge in [-0.25, -0.2) is 0 Å². The van der Waals surface area contributed by atoms with Gasteiger partial charge in [-0.1, -0.05) is 69.6 Å². The molecule has 13 heteroatoms. The van der Waals surface area contributed by atoms with E-state index < -0.39 is 9.85 Å². The van der Waals surface area contributed by atoms with Gasteiger partial charge in [-0.2, -0.15) is 0 Å². The molecule has 0 bridgehead atoms. The average Bonchev–Trinajstić information content (AvgIpc) is 2.83. The molecule has 0 atom stereocenters. The van der Waals surface area contributed by atoms with Crippen LogP contribution in [0.1, 0.15) is 0 Å². The van der Waals surface area contributed by atoms with Gasteiger partial charge in [-0.3, -0.25) is 20.2 Å². The monoisotopic (exact) mass is 616 g/mol. The van der Waals surface area contributed by atoms with Crippen molar-refractivity contribution in [2.24, 2.45) is 0 Å². The number of halogens is 6. The van der Waals surface area contributed by atoms with Gasteiger partial charge in [0.1, 0.15) is 0 Å².